The molecule has 2 N–H and O–H groups in total. The lowest BCUT2D eigenvalue weighted by Crippen LogP contribution is -2.38. The van der Waals surface area contributed by atoms with Crippen LogP contribution in [0.15, 0.2) is 29.3 Å². The molecule has 1 aliphatic heterocycles. The number of hydrogen-bond donors (Lipinski definition) is 2. The van der Waals surface area contributed by atoms with E-state index in [-0.39, 0.29) is 29.7 Å². The average Bonchev–Trinajstić information content (AvgIpc) is 2.64. The molecule has 0 aromatic heterocycles. The number of guanidine groups is 1. The van der Waals surface area contributed by atoms with E-state index in [0.29, 0.717) is 25.5 Å². The highest BCUT2D eigenvalue weighted by Crippen LogP contribution is 2.14. The Bertz CT molecular complexity index is 707. The zero-order valence-corrected chi connectivity index (χ0v) is 20.0. The van der Waals surface area contributed by atoms with Crippen LogP contribution in [-0.2, 0) is 27.7 Å². The molecule has 1 aromatic carbocycles. The molecule has 0 spiro atoms. The zero-order valence-electron chi connectivity index (χ0n) is 16.8. The quantitative estimate of drug-likeness (QED) is 0.221. The number of rotatable bonds is 9. The molecule has 0 amide bonds. The van der Waals surface area contributed by atoms with E-state index in [1.807, 2.05) is 13.0 Å². The van der Waals surface area contributed by atoms with Gasteiger partial charge in [-0.1, -0.05) is 24.3 Å². The average molecular weight is 524 g/mol. The minimum absolute atomic E-state index is 0. The van der Waals surface area contributed by atoms with Crippen LogP contribution >= 0.6 is 24.0 Å². The molecule has 0 bridgehead atoms. The maximum absolute atomic E-state index is 11.2. The number of morpholine rings is 1. The van der Waals surface area contributed by atoms with Crippen molar-refractivity contribution in [3.05, 3.63) is 35.4 Å². The van der Waals surface area contributed by atoms with Gasteiger partial charge in [0.15, 0.2) is 5.96 Å². The van der Waals surface area contributed by atoms with E-state index in [9.17, 15) is 8.42 Å². The number of aliphatic imine (C=N–C) groups is 1. The zero-order chi connectivity index (χ0) is 19.5. The Balaban J connectivity index is 0.00000392. The fraction of sp³-hybridized carbons (Fsp3) is 0.632. The molecule has 1 aliphatic rings. The van der Waals surface area contributed by atoms with E-state index in [0.717, 1.165) is 39.4 Å². The lowest BCUT2D eigenvalue weighted by atomic mass is 10.1. The summed E-state index contributed by atoms with van der Waals surface area (Å²) in [4.78, 5) is 7.08. The van der Waals surface area contributed by atoms with Gasteiger partial charge in [-0.2, -0.15) is 0 Å². The number of nitrogens with one attached hydrogen (secondary N) is 2. The summed E-state index contributed by atoms with van der Waals surface area (Å²) < 4.78 is 27.9. The Kier molecular flexibility index (Phi) is 12.0. The molecular formula is C19H33IN4O3S. The van der Waals surface area contributed by atoms with Crippen molar-refractivity contribution in [2.75, 3.05) is 51.4 Å². The van der Waals surface area contributed by atoms with Crippen LogP contribution in [0.1, 0.15) is 24.5 Å². The number of halogens is 1. The number of hydrogen-bond acceptors (Lipinski definition) is 5. The largest absolute Gasteiger partial charge is 0.379 e. The summed E-state index contributed by atoms with van der Waals surface area (Å²) in [7, 11) is -2.92. The van der Waals surface area contributed by atoms with E-state index >= 15 is 0 Å². The monoisotopic (exact) mass is 524 g/mol. The van der Waals surface area contributed by atoms with Crippen molar-refractivity contribution < 1.29 is 13.2 Å². The highest BCUT2D eigenvalue weighted by atomic mass is 127. The lowest BCUT2D eigenvalue weighted by molar-refractivity contribution is 0.0341. The van der Waals surface area contributed by atoms with Gasteiger partial charge < -0.3 is 15.4 Å². The van der Waals surface area contributed by atoms with E-state index in [1.54, 1.807) is 0 Å². The number of sulfone groups is 1. The van der Waals surface area contributed by atoms with Crippen molar-refractivity contribution in [2.45, 2.75) is 26.4 Å². The summed E-state index contributed by atoms with van der Waals surface area (Å²) in [6, 6.07) is 8.39. The normalized spacial score (nSPS) is 15.7. The molecule has 0 atom stereocenters. The summed E-state index contributed by atoms with van der Waals surface area (Å²) in [5.41, 5.74) is 2.49. The van der Waals surface area contributed by atoms with Crippen LogP contribution in [0.25, 0.3) is 0 Å². The van der Waals surface area contributed by atoms with Crippen molar-refractivity contribution in [3.8, 4) is 0 Å². The molecule has 28 heavy (non-hydrogen) atoms. The molecule has 0 unspecified atom stereocenters. The van der Waals surface area contributed by atoms with Crippen LogP contribution in [0, 0.1) is 0 Å². The summed E-state index contributed by atoms with van der Waals surface area (Å²) >= 11 is 0. The molecule has 1 aromatic rings. The molecule has 1 saturated heterocycles. The highest BCUT2D eigenvalue weighted by molar-refractivity contribution is 14.0. The topological polar surface area (TPSA) is 83.0 Å². The van der Waals surface area contributed by atoms with Crippen molar-refractivity contribution >= 4 is 39.8 Å². The predicted molar refractivity (Wildman–Crippen MR) is 125 cm³/mol. The van der Waals surface area contributed by atoms with Gasteiger partial charge in [-0.3, -0.25) is 4.90 Å². The highest BCUT2D eigenvalue weighted by Gasteiger charge is 2.12. The standard InChI is InChI=1S/C19H32N4O3S.HI/c1-3-20-19(21-9-6-14-27(2,24)25)22-15-17-7-4-5-8-18(17)16-23-10-12-26-13-11-23;/h4-5,7-8H,3,6,9-16H2,1-2H3,(H2,20,21,22);1H. The maximum atomic E-state index is 11.2. The van der Waals surface area contributed by atoms with Gasteiger partial charge in [0.05, 0.1) is 25.5 Å². The molecule has 0 saturated carbocycles. The SMILES string of the molecule is CCNC(=NCc1ccccc1CN1CCOCC1)NCCCS(C)(=O)=O.I. The molecule has 1 heterocycles. The summed E-state index contributed by atoms with van der Waals surface area (Å²) in [5.74, 6) is 0.897. The van der Waals surface area contributed by atoms with Gasteiger partial charge in [-0.05, 0) is 24.5 Å². The fourth-order valence-corrected chi connectivity index (χ4v) is 3.58. The summed E-state index contributed by atoms with van der Waals surface area (Å²) in [6.07, 6.45) is 1.83. The Hall–Kier alpha value is -0.910. The minimum atomic E-state index is -2.92. The van der Waals surface area contributed by atoms with E-state index in [2.05, 4.69) is 38.7 Å². The Morgan fingerprint density at radius 3 is 2.50 bits per heavy atom. The third-order valence-corrected chi connectivity index (χ3v) is 5.38. The second kappa shape index (κ2) is 13.3. The summed E-state index contributed by atoms with van der Waals surface area (Å²) in [6.45, 7) is 8.35. The lowest BCUT2D eigenvalue weighted by Gasteiger charge is -2.27. The Morgan fingerprint density at radius 2 is 1.86 bits per heavy atom. The first-order valence-corrected chi connectivity index (χ1v) is 11.6. The molecule has 0 radical (unpaired) electrons. The molecule has 1 fully saturated rings. The van der Waals surface area contributed by atoms with E-state index in [4.69, 9.17) is 4.74 Å². The van der Waals surface area contributed by atoms with E-state index in [1.165, 1.54) is 17.4 Å². The first kappa shape index (κ1) is 25.1. The van der Waals surface area contributed by atoms with Crippen LogP contribution in [-0.4, -0.2) is 70.7 Å². The first-order valence-electron chi connectivity index (χ1n) is 9.54. The van der Waals surface area contributed by atoms with Crippen LogP contribution in [0.3, 0.4) is 0 Å². The van der Waals surface area contributed by atoms with Crippen LogP contribution in [0.4, 0.5) is 0 Å². The van der Waals surface area contributed by atoms with Crippen LogP contribution < -0.4 is 10.6 Å². The van der Waals surface area contributed by atoms with Crippen LogP contribution in [0.5, 0.6) is 0 Å². The molecule has 7 nitrogen and oxygen atoms in total. The fourth-order valence-electron chi connectivity index (χ4n) is 2.91. The minimum Gasteiger partial charge on any atom is -0.379 e. The smallest absolute Gasteiger partial charge is 0.191 e. The van der Waals surface area contributed by atoms with Crippen LogP contribution in [0.2, 0.25) is 0 Å². The van der Waals surface area contributed by atoms with Crippen molar-refractivity contribution in [1.82, 2.24) is 15.5 Å². The number of ether oxygens (including phenoxy) is 1. The maximum Gasteiger partial charge on any atom is 0.191 e. The predicted octanol–water partition coefficient (Wildman–Crippen LogP) is 1.63. The van der Waals surface area contributed by atoms with Gasteiger partial charge >= 0.3 is 0 Å². The number of benzene rings is 1. The van der Waals surface area contributed by atoms with Gasteiger partial charge in [0.1, 0.15) is 9.84 Å². The third kappa shape index (κ3) is 10.0. The van der Waals surface area contributed by atoms with Crippen molar-refractivity contribution in [1.29, 1.82) is 0 Å². The second-order valence-electron chi connectivity index (χ2n) is 6.76. The third-order valence-electron chi connectivity index (χ3n) is 4.35. The Morgan fingerprint density at radius 1 is 1.18 bits per heavy atom. The van der Waals surface area contributed by atoms with Gasteiger partial charge in [0.25, 0.3) is 0 Å². The van der Waals surface area contributed by atoms with Gasteiger partial charge in [0.2, 0.25) is 0 Å². The second-order valence-corrected chi connectivity index (χ2v) is 9.02. The number of nitrogens with zero attached hydrogens (tertiary/aromatic N) is 2. The van der Waals surface area contributed by atoms with Crippen molar-refractivity contribution in [2.24, 2.45) is 4.99 Å². The van der Waals surface area contributed by atoms with Gasteiger partial charge in [-0.15, -0.1) is 24.0 Å². The molecule has 0 aliphatic carbocycles. The molecule has 160 valence electrons. The van der Waals surface area contributed by atoms with E-state index < -0.39 is 9.84 Å². The molecular weight excluding hydrogens is 491 g/mol. The Labute approximate surface area is 186 Å². The first-order chi connectivity index (χ1) is 13.0. The van der Waals surface area contributed by atoms with Crippen molar-refractivity contribution in [3.63, 3.8) is 0 Å². The molecule has 2 rings (SSSR count). The van der Waals surface area contributed by atoms with Gasteiger partial charge in [-0.25, -0.2) is 13.4 Å². The summed E-state index contributed by atoms with van der Waals surface area (Å²) in [5, 5.41) is 6.43. The van der Waals surface area contributed by atoms with Gasteiger partial charge in [0, 0.05) is 39.0 Å². The molecule has 9 heteroatoms.